The molecule has 0 bridgehead atoms. The molecule has 35 heavy (non-hydrogen) atoms. The first kappa shape index (κ1) is 25.4. The van der Waals surface area contributed by atoms with Crippen LogP contribution in [0.5, 0.6) is 23.0 Å². The summed E-state index contributed by atoms with van der Waals surface area (Å²) in [5, 5.41) is 9.33. The van der Waals surface area contributed by atoms with Gasteiger partial charge in [-0.3, -0.25) is 4.79 Å². The zero-order valence-electron chi connectivity index (χ0n) is 19.6. The fraction of sp³-hybridized carbons (Fsp3) is 0.231. The number of carbonyl (C=O) groups is 2. The molecular weight excluding hydrogens is 457 g/mol. The molecule has 0 radical (unpaired) electrons. The molecule has 3 rings (SSSR count). The highest BCUT2D eigenvalue weighted by Gasteiger charge is 2.22. The number of carbonyl (C=O) groups excluding carboxylic acids is 1. The second-order valence-corrected chi connectivity index (χ2v) is 7.46. The molecule has 0 saturated carbocycles. The number of rotatable bonds is 11. The molecule has 0 aromatic heterocycles. The SMILES string of the molecule is COc1cc(OC)c(OC)cc1CN(Cc1ccccc1)C(=O)COc1c(F)cccc1C(=O)O. The highest BCUT2D eigenvalue weighted by atomic mass is 19.1. The van der Waals surface area contributed by atoms with E-state index in [1.807, 2.05) is 30.3 Å². The molecule has 0 saturated heterocycles. The van der Waals surface area contributed by atoms with Crippen molar-refractivity contribution in [1.29, 1.82) is 0 Å². The summed E-state index contributed by atoms with van der Waals surface area (Å²) in [5.41, 5.74) is 1.14. The van der Waals surface area contributed by atoms with E-state index in [0.29, 0.717) is 22.8 Å². The number of hydrogen-bond donors (Lipinski definition) is 1. The summed E-state index contributed by atoms with van der Waals surface area (Å²) in [6.45, 7) is -0.225. The predicted octanol–water partition coefficient (Wildman–Crippen LogP) is 4.16. The smallest absolute Gasteiger partial charge is 0.339 e. The Balaban J connectivity index is 1.90. The predicted molar refractivity (Wildman–Crippen MR) is 126 cm³/mol. The summed E-state index contributed by atoms with van der Waals surface area (Å²) < 4.78 is 35.8. The zero-order valence-corrected chi connectivity index (χ0v) is 19.6. The van der Waals surface area contributed by atoms with Crippen LogP contribution in [0.15, 0.2) is 60.7 Å². The van der Waals surface area contributed by atoms with Crippen molar-refractivity contribution in [3.63, 3.8) is 0 Å². The van der Waals surface area contributed by atoms with Gasteiger partial charge in [-0.15, -0.1) is 0 Å². The van der Waals surface area contributed by atoms with Gasteiger partial charge in [0, 0.05) is 24.7 Å². The van der Waals surface area contributed by atoms with E-state index < -0.39 is 30.1 Å². The molecular formula is C26H26FNO7. The maximum Gasteiger partial charge on any atom is 0.339 e. The minimum absolute atomic E-state index is 0.115. The minimum Gasteiger partial charge on any atom is -0.496 e. The van der Waals surface area contributed by atoms with Crippen LogP contribution in [0.25, 0.3) is 0 Å². The first-order valence-corrected chi connectivity index (χ1v) is 10.6. The Hall–Kier alpha value is -4.27. The molecule has 0 unspecified atom stereocenters. The molecule has 8 nitrogen and oxygen atoms in total. The van der Waals surface area contributed by atoms with Crippen LogP contribution >= 0.6 is 0 Å². The Kier molecular flexibility index (Phi) is 8.50. The molecule has 0 atom stereocenters. The number of nitrogens with zero attached hydrogens (tertiary/aromatic N) is 1. The van der Waals surface area contributed by atoms with Crippen LogP contribution in [-0.2, 0) is 17.9 Å². The quantitative estimate of drug-likeness (QED) is 0.438. The van der Waals surface area contributed by atoms with Crippen LogP contribution in [0.3, 0.4) is 0 Å². The summed E-state index contributed by atoms with van der Waals surface area (Å²) in [4.78, 5) is 26.2. The topological polar surface area (TPSA) is 94.5 Å². The monoisotopic (exact) mass is 483 g/mol. The van der Waals surface area contributed by atoms with Gasteiger partial charge >= 0.3 is 5.97 Å². The fourth-order valence-electron chi connectivity index (χ4n) is 3.51. The largest absolute Gasteiger partial charge is 0.496 e. The van der Waals surface area contributed by atoms with Crippen molar-refractivity contribution in [3.05, 3.63) is 83.2 Å². The van der Waals surface area contributed by atoms with Crippen molar-refractivity contribution in [2.45, 2.75) is 13.1 Å². The van der Waals surface area contributed by atoms with E-state index in [9.17, 15) is 19.1 Å². The molecule has 3 aromatic carbocycles. The lowest BCUT2D eigenvalue weighted by molar-refractivity contribution is -0.134. The summed E-state index contributed by atoms with van der Waals surface area (Å²) in [6.07, 6.45) is 0. The van der Waals surface area contributed by atoms with Gasteiger partial charge in [0.2, 0.25) is 0 Å². The van der Waals surface area contributed by atoms with E-state index in [2.05, 4.69) is 0 Å². The summed E-state index contributed by atoms with van der Waals surface area (Å²) in [7, 11) is 4.51. The second-order valence-electron chi connectivity index (χ2n) is 7.46. The van der Waals surface area contributed by atoms with Crippen molar-refractivity contribution >= 4 is 11.9 Å². The Morgan fingerprint density at radius 1 is 0.857 bits per heavy atom. The Morgan fingerprint density at radius 3 is 2.14 bits per heavy atom. The van der Waals surface area contributed by atoms with Gasteiger partial charge in [-0.1, -0.05) is 36.4 Å². The van der Waals surface area contributed by atoms with Gasteiger partial charge in [0.05, 0.1) is 21.3 Å². The van der Waals surface area contributed by atoms with Gasteiger partial charge in [-0.2, -0.15) is 0 Å². The lowest BCUT2D eigenvalue weighted by atomic mass is 10.1. The number of benzene rings is 3. The number of hydrogen-bond acceptors (Lipinski definition) is 6. The van der Waals surface area contributed by atoms with Crippen LogP contribution in [0, 0.1) is 5.82 Å². The van der Waals surface area contributed by atoms with Crippen LogP contribution in [-0.4, -0.2) is 49.8 Å². The number of para-hydroxylation sites is 1. The van der Waals surface area contributed by atoms with Crippen molar-refractivity contribution in [3.8, 4) is 23.0 Å². The van der Waals surface area contributed by atoms with E-state index in [-0.39, 0.29) is 18.7 Å². The Labute approximate surface area is 202 Å². The first-order chi connectivity index (χ1) is 16.9. The van der Waals surface area contributed by atoms with Crippen LogP contribution in [0.1, 0.15) is 21.5 Å². The first-order valence-electron chi connectivity index (χ1n) is 10.6. The second kappa shape index (κ2) is 11.7. The summed E-state index contributed by atoms with van der Waals surface area (Å²) in [6, 6.07) is 16.2. The van der Waals surface area contributed by atoms with Gasteiger partial charge in [-0.25, -0.2) is 9.18 Å². The molecule has 9 heteroatoms. The van der Waals surface area contributed by atoms with Crippen LogP contribution in [0.2, 0.25) is 0 Å². The summed E-state index contributed by atoms with van der Waals surface area (Å²) in [5.74, 6) is -1.78. The van der Waals surface area contributed by atoms with Gasteiger partial charge in [0.15, 0.2) is 29.7 Å². The molecule has 0 aliphatic rings. The van der Waals surface area contributed by atoms with Gasteiger partial charge in [0.25, 0.3) is 5.91 Å². The van der Waals surface area contributed by atoms with Crippen molar-refractivity contribution in [2.24, 2.45) is 0 Å². The third-order valence-electron chi connectivity index (χ3n) is 5.25. The van der Waals surface area contributed by atoms with Gasteiger partial charge in [0.1, 0.15) is 11.3 Å². The molecule has 0 aliphatic heterocycles. The average Bonchev–Trinajstić information content (AvgIpc) is 2.87. The molecule has 1 N–H and O–H groups in total. The van der Waals surface area contributed by atoms with E-state index in [1.54, 1.807) is 12.1 Å². The lowest BCUT2D eigenvalue weighted by Crippen LogP contribution is -2.34. The van der Waals surface area contributed by atoms with Crippen molar-refractivity contribution < 1.29 is 38.0 Å². The number of halogens is 1. The summed E-state index contributed by atoms with van der Waals surface area (Å²) >= 11 is 0. The molecule has 0 heterocycles. The standard InChI is InChI=1S/C26H26FNO7/c1-32-21-13-23(34-3)22(33-2)12-18(21)15-28(14-17-8-5-4-6-9-17)24(29)16-35-25-19(26(30)31)10-7-11-20(25)27/h4-13H,14-16H2,1-3H3,(H,30,31). The van der Waals surface area contributed by atoms with E-state index in [4.69, 9.17) is 18.9 Å². The van der Waals surface area contributed by atoms with Crippen molar-refractivity contribution in [1.82, 2.24) is 4.90 Å². The molecule has 0 fully saturated rings. The normalized spacial score (nSPS) is 10.4. The van der Waals surface area contributed by atoms with E-state index in [1.165, 1.54) is 38.4 Å². The number of methoxy groups -OCH3 is 3. The minimum atomic E-state index is -1.36. The third kappa shape index (κ3) is 6.20. The molecule has 3 aromatic rings. The number of carboxylic acids is 1. The van der Waals surface area contributed by atoms with E-state index in [0.717, 1.165) is 11.6 Å². The number of aromatic carboxylic acids is 1. The van der Waals surface area contributed by atoms with Crippen LogP contribution in [0.4, 0.5) is 4.39 Å². The fourth-order valence-corrected chi connectivity index (χ4v) is 3.51. The lowest BCUT2D eigenvalue weighted by Gasteiger charge is -2.25. The Bertz CT molecular complexity index is 1180. The number of ether oxygens (including phenoxy) is 4. The molecule has 1 amide bonds. The zero-order chi connectivity index (χ0) is 25.4. The number of amides is 1. The molecule has 0 spiro atoms. The highest BCUT2D eigenvalue weighted by Crippen LogP contribution is 2.35. The van der Waals surface area contributed by atoms with Crippen LogP contribution < -0.4 is 18.9 Å². The number of carboxylic acid groups (broad SMARTS) is 1. The maximum absolute atomic E-state index is 14.3. The van der Waals surface area contributed by atoms with Crippen molar-refractivity contribution in [2.75, 3.05) is 27.9 Å². The Morgan fingerprint density at radius 2 is 1.51 bits per heavy atom. The van der Waals surface area contributed by atoms with Gasteiger partial charge < -0.3 is 29.0 Å². The van der Waals surface area contributed by atoms with Gasteiger partial charge in [-0.05, 0) is 23.8 Å². The highest BCUT2D eigenvalue weighted by molar-refractivity contribution is 5.91. The molecule has 0 aliphatic carbocycles. The molecule has 184 valence electrons. The van der Waals surface area contributed by atoms with E-state index >= 15 is 0 Å². The average molecular weight is 483 g/mol. The third-order valence-corrected chi connectivity index (χ3v) is 5.25. The maximum atomic E-state index is 14.3.